The fourth-order valence-corrected chi connectivity index (χ4v) is 2.38. The molecule has 0 aliphatic carbocycles. The molecule has 2 rings (SSSR count). The van der Waals surface area contributed by atoms with Gasteiger partial charge in [-0.05, 0) is 37.1 Å². The SMILES string of the molecule is CCC(CC)(CN)NC(=O)c1cnn(-c2ccc(Cl)cc2)c1.Cl. The lowest BCUT2D eigenvalue weighted by atomic mass is 9.92. The van der Waals surface area contributed by atoms with Crippen LogP contribution in [-0.2, 0) is 0 Å². The summed E-state index contributed by atoms with van der Waals surface area (Å²) in [6.45, 7) is 4.46. The maximum absolute atomic E-state index is 12.4. The summed E-state index contributed by atoms with van der Waals surface area (Å²) >= 11 is 5.87. The number of nitrogens with two attached hydrogens (primary N) is 1. The fraction of sp³-hybridized carbons (Fsp3) is 0.375. The Labute approximate surface area is 147 Å². The maximum Gasteiger partial charge on any atom is 0.254 e. The Balaban J connectivity index is 0.00000264. The van der Waals surface area contributed by atoms with Crippen LogP contribution in [0.3, 0.4) is 0 Å². The molecule has 0 bridgehead atoms. The van der Waals surface area contributed by atoms with Crippen molar-refractivity contribution < 1.29 is 4.79 Å². The Morgan fingerprint density at radius 3 is 2.43 bits per heavy atom. The molecule has 1 amide bonds. The molecule has 0 saturated carbocycles. The van der Waals surface area contributed by atoms with Crippen molar-refractivity contribution in [1.29, 1.82) is 0 Å². The Morgan fingerprint density at radius 1 is 1.30 bits per heavy atom. The first-order valence-corrected chi connectivity index (χ1v) is 7.74. The van der Waals surface area contributed by atoms with Crippen molar-refractivity contribution in [3.8, 4) is 5.69 Å². The molecule has 126 valence electrons. The summed E-state index contributed by atoms with van der Waals surface area (Å²) in [4.78, 5) is 12.4. The Hall–Kier alpha value is -1.56. The monoisotopic (exact) mass is 356 g/mol. The molecule has 5 nitrogen and oxygen atoms in total. The summed E-state index contributed by atoms with van der Waals surface area (Å²) in [5.74, 6) is -0.158. The number of nitrogens with one attached hydrogen (secondary N) is 1. The lowest BCUT2D eigenvalue weighted by Crippen LogP contribution is -2.52. The van der Waals surface area contributed by atoms with E-state index in [9.17, 15) is 4.79 Å². The highest BCUT2D eigenvalue weighted by molar-refractivity contribution is 6.30. The maximum atomic E-state index is 12.4. The molecule has 2 aromatic rings. The van der Waals surface area contributed by atoms with Crippen LogP contribution in [0.25, 0.3) is 5.69 Å². The van der Waals surface area contributed by atoms with Gasteiger partial charge in [-0.2, -0.15) is 5.10 Å². The Kier molecular flexibility index (Phi) is 7.06. The van der Waals surface area contributed by atoms with E-state index in [2.05, 4.69) is 10.4 Å². The highest BCUT2D eigenvalue weighted by Gasteiger charge is 2.27. The molecule has 0 atom stereocenters. The number of benzene rings is 1. The number of carbonyl (C=O) groups excluding carboxylic acids is 1. The lowest BCUT2D eigenvalue weighted by Gasteiger charge is -2.31. The third-order valence-corrected chi connectivity index (χ3v) is 4.31. The van der Waals surface area contributed by atoms with E-state index in [-0.39, 0.29) is 23.9 Å². The number of hydrogen-bond donors (Lipinski definition) is 2. The standard InChI is InChI=1S/C16H21ClN4O.ClH/c1-3-16(4-2,11-18)20-15(22)12-9-19-21(10-12)14-7-5-13(17)6-8-14;/h5-10H,3-4,11,18H2,1-2H3,(H,20,22);1H. The Bertz CT molecular complexity index is 628. The molecule has 0 radical (unpaired) electrons. The minimum atomic E-state index is -0.362. The van der Waals surface area contributed by atoms with Gasteiger partial charge in [-0.1, -0.05) is 25.4 Å². The summed E-state index contributed by atoms with van der Waals surface area (Å²) in [6.07, 6.45) is 4.83. The minimum Gasteiger partial charge on any atom is -0.345 e. The molecule has 1 heterocycles. The first kappa shape index (κ1) is 19.5. The average molecular weight is 357 g/mol. The number of rotatable bonds is 6. The molecule has 23 heavy (non-hydrogen) atoms. The third-order valence-electron chi connectivity index (χ3n) is 4.06. The van der Waals surface area contributed by atoms with Gasteiger partial charge in [-0.3, -0.25) is 4.79 Å². The average Bonchev–Trinajstić information content (AvgIpc) is 3.03. The molecule has 0 fully saturated rings. The normalized spacial score (nSPS) is 11.0. The van der Waals surface area contributed by atoms with E-state index in [0.29, 0.717) is 17.1 Å². The smallest absolute Gasteiger partial charge is 0.254 e. The van der Waals surface area contributed by atoms with Crippen LogP contribution < -0.4 is 11.1 Å². The molecular formula is C16H22Cl2N4O. The van der Waals surface area contributed by atoms with E-state index in [1.165, 1.54) is 0 Å². The molecular weight excluding hydrogens is 335 g/mol. The molecule has 0 aliphatic heterocycles. The largest absolute Gasteiger partial charge is 0.345 e. The number of aromatic nitrogens is 2. The summed E-state index contributed by atoms with van der Waals surface area (Å²) in [5.41, 5.74) is 6.81. The van der Waals surface area contributed by atoms with Crippen molar-refractivity contribution in [2.45, 2.75) is 32.2 Å². The van der Waals surface area contributed by atoms with Gasteiger partial charge in [-0.25, -0.2) is 4.68 Å². The Morgan fingerprint density at radius 2 is 1.91 bits per heavy atom. The second-order valence-electron chi connectivity index (χ2n) is 5.30. The van der Waals surface area contributed by atoms with Gasteiger partial charge < -0.3 is 11.1 Å². The van der Waals surface area contributed by atoms with Gasteiger partial charge in [0.05, 0.1) is 23.0 Å². The molecule has 0 spiro atoms. The van der Waals surface area contributed by atoms with Gasteiger partial charge >= 0.3 is 0 Å². The van der Waals surface area contributed by atoms with Gasteiger partial charge in [0.2, 0.25) is 0 Å². The number of carbonyl (C=O) groups is 1. The molecule has 3 N–H and O–H groups in total. The van der Waals surface area contributed by atoms with Gasteiger partial charge in [0, 0.05) is 17.8 Å². The van der Waals surface area contributed by atoms with E-state index in [0.717, 1.165) is 18.5 Å². The van der Waals surface area contributed by atoms with Crippen LogP contribution in [0.2, 0.25) is 5.02 Å². The lowest BCUT2D eigenvalue weighted by molar-refractivity contribution is 0.0895. The van der Waals surface area contributed by atoms with Gasteiger partial charge in [0.15, 0.2) is 0 Å². The second kappa shape index (κ2) is 8.34. The fourth-order valence-electron chi connectivity index (χ4n) is 2.25. The quantitative estimate of drug-likeness (QED) is 0.834. The highest BCUT2D eigenvalue weighted by Crippen LogP contribution is 2.16. The summed E-state index contributed by atoms with van der Waals surface area (Å²) in [5, 5.41) is 7.92. The zero-order valence-corrected chi connectivity index (χ0v) is 14.8. The van der Waals surface area contributed by atoms with Crippen molar-refractivity contribution in [2.75, 3.05) is 6.54 Å². The van der Waals surface area contributed by atoms with E-state index < -0.39 is 0 Å². The highest BCUT2D eigenvalue weighted by atomic mass is 35.5. The predicted molar refractivity (Wildman–Crippen MR) is 95.7 cm³/mol. The van der Waals surface area contributed by atoms with Crippen LogP contribution >= 0.6 is 24.0 Å². The van der Waals surface area contributed by atoms with Crippen molar-refractivity contribution >= 4 is 29.9 Å². The van der Waals surface area contributed by atoms with E-state index in [1.54, 1.807) is 29.2 Å². The van der Waals surface area contributed by atoms with E-state index in [1.807, 2.05) is 26.0 Å². The van der Waals surface area contributed by atoms with Gasteiger partial charge in [-0.15, -0.1) is 12.4 Å². The predicted octanol–water partition coefficient (Wildman–Crippen LogP) is 3.19. The molecule has 0 unspecified atom stereocenters. The minimum absolute atomic E-state index is 0. The number of nitrogens with zero attached hydrogens (tertiary/aromatic N) is 2. The van der Waals surface area contributed by atoms with Crippen LogP contribution in [0.4, 0.5) is 0 Å². The van der Waals surface area contributed by atoms with Crippen molar-refractivity contribution in [1.82, 2.24) is 15.1 Å². The molecule has 1 aromatic heterocycles. The van der Waals surface area contributed by atoms with E-state index >= 15 is 0 Å². The second-order valence-corrected chi connectivity index (χ2v) is 5.73. The summed E-state index contributed by atoms with van der Waals surface area (Å²) < 4.78 is 1.65. The molecule has 0 saturated heterocycles. The van der Waals surface area contributed by atoms with Crippen LogP contribution in [0.15, 0.2) is 36.7 Å². The molecule has 7 heteroatoms. The van der Waals surface area contributed by atoms with Crippen molar-refractivity contribution in [3.63, 3.8) is 0 Å². The van der Waals surface area contributed by atoms with Crippen LogP contribution in [0.1, 0.15) is 37.0 Å². The topological polar surface area (TPSA) is 72.9 Å². The van der Waals surface area contributed by atoms with Crippen molar-refractivity contribution in [2.24, 2.45) is 5.73 Å². The van der Waals surface area contributed by atoms with Crippen LogP contribution in [0.5, 0.6) is 0 Å². The first-order valence-electron chi connectivity index (χ1n) is 7.36. The van der Waals surface area contributed by atoms with Crippen LogP contribution in [-0.4, -0.2) is 27.8 Å². The number of halogens is 2. The van der Waals surface area contributed by atoms with Crippen molar-refractivity contribution in [3.05, 3.63) is 47.2 Å². The third kappa shape index (κ3) is 4.47. The zero-order valence-electron chi connectivity index (χ0n) is 13.3. The zero-order chi connectivity index (χ0) is 16.2. The summed E-state index contributed by atoms with van der Waals surface area (Å²) in [7, 11) is 0. The molecule has 0 aliphatic rings. The number of hydrogen-bond acceptors (Lipinski definition) is 3. The summed E-state index contributed by atoms with van der Waals surface area (Å²) in [6, 6.07) is 7.26. The first-order chi connectivity index (χ1) is 10.5. The number of amides is 1. The van der Waals surface area contributed by atoms with Gasteiger partial charge in [0.25, 0.3) is 5.91 Å². The molecule has 1 aromatic carbocycles. The van der Waals surface area contributed by atoms with Gasteiger partial charge in [0.1, 0.15) is 0 Å². The van der Waals surface area contributed by atoms with E-state index in [4.69, 9.17) is 17.3 Å². The van der Waals surface area contributed by atoms with Crippen LogP contribution in [0, 0.1) is 0 Å².